The molecule has 0 radical (unpaired) electrons. The fourth-order valence-electron chi connectivity index (χ4n) is 2.48. The number of nitrogens with zero attached hydrogens (tertiary/aromatic N) is 2. The summed E-state index contributed by atoms with van der Waals surface area (Å²) in [7, 11) is 0. The zero-order valence-electron chi connectivity index (χ0n) is 12.9. The van der Waals surface area contributed by atoms with E-state index < -0.39 is 0 Å². The summed E-state index contributed by atoms with van der Waals surface area (Å²) in [6, 6.07) is 15.7. The van der Waals surface area contributed by atoms with E-state index in [-0.39, 0.29) is 0 Å². The summed E-state index contributed by atoms with van der Waals surface area (Å²) in [6.45, 7) is 2.08. The molecule has 2 aromatic carbocycles. The van der Waals surface area contributed by atoms with Crippen LogP contribution in [0.3, 0.4) is 0 Å². The third kappa shape index (κ3) is 2.86. The van der Waals surface area contributed by atoms with Crippen LogP contribution < -0.4 is 4.74 Å². The molecule has 24 heavy (non-hydrogen) atoms. The summed E-state index contributed by atoms with van der Waals surface area (Å²) < 4.78 is 5.99. The quantitative estimate of drug-likeness (QED) is 0.446. The summed E-state index contributed by atoms with van der Waals surface area (Å²) in [5, 5.41) is 3.70. The Morgan fingerprint density at radius 3 is 2.46 bits per heavy atom. The molecule has 0 aliphatic rings. The van der Waals surface area contributed by atoms with Crippen molar-refractivity contribution in [3.8, 4) is 22.8 Å². The fraction of sp³-hybridized carbons (Fsp3) is 0.0526. The maximum atomic E-state index is 5.99. The Morgan fingerprint density at radius 1 is 0.958 bits per heavy atom. The lowest BCUT2D eigenvalue weighted by molar-refractivity contribution is 0.468. The minimum absolute atomic E-state index is 0.555. The molecule has 0 saturated heterocycles. The third-order valence-electron chi connectivity index (χ3n) is 3.73. The van der Waals surface area contributed by atoms with Gasteiger partial charge in [-0.1, -0.05) is 41.4 Å². The van der Waals surface area contributed by atoms with Crippen LogP contribution in [0.2, 0.25) is 5.02 Å². The van der Waals surface area contributed by atoms with E-state index in [1.54, 1.807) is 23.5 Å². The number of hydrogen-bond acceptors (Lipinski definition) is 4. The Kier molecular flexibility index (Phi) is 3.92. The Hall–Kier alpha value is -2.43. The van der Waals surface area contributed by atoms with Gasteiger partial charge in [0.15, 0.2) is 0 Å². The van der Waals surface area contributed by atoms with Gasteiger partial charge >= 0.3 is 0 Å². The highest BCUT2D eigenvalue weighted by Crippen LogP contribution is 2.39. The SMILES string of the molecule is Cc1ccc(-c2csc3ncnc(Oc4ccc(Cl)cc4)c23)cc1. The lowest BCUT2D eigenvalue weighted by Gasteiger charge is -2.07. The molecule has 118 valence electrons. The number of ether oxygens (including phenoxy) is 1. The lowest BCUT2D eigenvalue weighted by atomic mass is 10.0. The predicted octanol–water partition coefficient (Wildman–Crippen LogP) is 6.11. The highest BCUT2D eigenvalue weighted by molar-refractivity contribution is 7.17. The van der Waals surface area contributed by atoms with Gasteiger partial charge in [-0.25, -0.2) is 9.97 Å². The maximum absolute atomic E-state index is 5.99. The van der Waals surface area contributed by atoms with Crippen LogP contribution in [0.5, 0.6) is 11.6 Å². The summed E-state index contributed by atoms with van der Waals surface area (Å²) in [5.74, 6) is 1.25. The highest BCUT2D eigenvalue weighted by atomic mass is 35.5. The molecular formula is C19H13ClN2OS. The zero-order valence-corrected chi connectivity index (χ0v) is 14.4. The van der Waals surface area contributed by atoms with E-state index in [1.165, 1.54) is 11.9 Å². The van der Waals surface area contributed by atoms with Crippen molar-refractivity contribution in [2.75, 3.05) is 0 Å². The molecular weight excluding hydrogens is 340 g/mol. The molecule has 0 bridgehead atoms. The molecule has 0 aliphatic carbocycles. The van der Waals surface area contributed by atoms with Crippen molar-refractivity contribution in [3.05, 3.63) is 70.8 Å². The van der Waals surface area contributed by atoms with Crippen LogP contribution in [0.15, 0.2) is 60.2 Å². The number of aryl methyl sites for hydroxylation is 1. The monoisotopic (exact) mass is 352 g/mol. The number of halogens is 1. The number of benzene rings is 2. The van der Waals surface area contributed by atoms with Gasteiger partial charge in [0.05, 0.1) is 5.39 Å². The van der Waals surface area contributed by atoms with Crippen molar-refractivity contribution in [3.63, 3.8) is 0 Å². The van der Waals surface area contributed by atoms with Crippen LogP contribution in [-0.2, 0) is 0 Å². The molecule has 0 saturated carbocycles. The van der Waals surface area contributed by atoms with E-state index in [1.807, 2.05) is 12.1 Å². The molecule has 0 fully saturated rings. The van der Waals surface area contributed by atoms with Gasteiger partial charge in [0, 0.05) is 16.0 Å². The van der Waals surface area contributed by atoms with E-state index >= 15 is 0 Å². The van der Waals surface area contributed by atoms with Crippen molar-refractivity contribution in [1.29, 1.82) is 0 Å². The van der Waals surface area contributed by atoms with Crippen LogP contribution in [-0.4, -0.2) is 9.97 Å². The first-order valence-corrected chi connectivity index (χ1v) is 8.69. The maximum Gasteiger partial charge on any atom is 0.231 e. The largest absolute Gasteiger partial charge is 0.438 e. The fourth-order valence-corrected chi connectivity index (χ4v) is 3.52. The van der Waals surface area contributed by atoms with Crippen molar-refractivity contribution >= 4 is 33.2 Å². The van der Waals surface area contributed by atoms with Crippen molar-refractivity contribution in [2.24, 2.45) is 0 Å². The molecule has 3 nitrogen and oxygen atoms in total. The van der Waals surface area contributed by atoms with Crippen LogP contribution in [0.25, 0.3) is 21.3 Å². The summed E-state index contributed by atoms with van der Waals surface area (Å²) in [4.78, 5) is 9.62. The van der Waals surface area contributed by atoms with Gasteiger partial charge in [-0.15, -0.1) is 11.3 Å². The molecule has 0 N–H and O–H groups in total. The van der Waals surface area contributed by atoms with Gasteiger partial charge in [0.2, 0.25) is 5.88 Å². The molecule has 2 aromatic heterocycles. The Balaban J connectivity index is 1.82. The normalized spacial score (nSPS) is 10.9. The number of aromatic nitrogens is 2. The second kappa shape index (κ2) is 6.23. The van der Waals surface area contributed by atoms with Crippen molar-refractivity contribution in [2.45, 2.75) is 6.92 Å². The molecule has 0 amide bonds. The average Bonchev–Trinajstić information content (AvgIpc) is 3.03. The Bertz CT molecular complexity index is 994. The van der Waals surface area contributed by atoms with Crippen LogP contribution in [0.1, 0.15) is 5.56 Å². The number of thiophene rings is 1. The predicted molar refractivity (Wildman–Crippen MR) is 99.1 cm³/mol. The molecule has 0 unspecified atom stereocenters. The Labute approximate surface area is 148 Å². The highest BCUT2D eigenvalue weighted by Gasteiger charge is 2.14. The first-order valence-electron chi connectivity index (χ1n) is 7.43. The van der Waals surface area contributed by atoms with E-state index in [4.69, 9.17) is 16.3 Å². The first-order chi connectivity index (χ1) is 11.7. The minimum atomic E-state index is 0.555. The summed E-state index contributed by atoms with van der Waals surface area (Å²) >= 11 is 7.52. The number of fused-ring (bicyclic) bond motifs is 1. The van der Waals surface area contributed by atoms with Crippen molar-refractivity contribution < 1.29 is 4.74 Å². The zero-order chi connectivity index (χ0) is 16.5. The van der Waals surface area contributed by atoms with Crippen LogP contribution in [0, 0.1) is 6.92 Å². The van der Waals surface area contributed by atoms with Crippen LogP contribution in [0.4, 0.5) is 0 Å². The molecule has 4 rings (SSSR count). The minimum Gasteiger partial charge on any atom is -0.438 e. The second-order valence-corrected chi connectivity index (χ2v) is 6.72. The molecule has 0 spiro atoms. The second-order valence-electron chi connectivity index (χ2n) is 5.43. The Morgan fingerprint density at radius 2 is 1.71 bits per heavy atom. The molecule has 2 heterocycles. The van der Waals surface area contributed by atoms with Gasteiger partial charge in [-0.2, -0.15) is 0 Å². The summed E-state index contributed by atoms with van der Waals surface area (Å²) in [6.07, 6.45) is 1.53. The molecule has 4 aromatic rings. The average molecular weight is 353 g/mol. The van der Waals surface area contributed by atoms with Gasteiger partial charge in [0.25, 0.3) is 0 Å². The lowest BCUT2D eigenvalue weighted by Crippen LogP contribution is -1.90. The molecule has 0 aliphatic heterocycles. The molecule has 5 heteroatoms. The smallest absolute Gasteiger partial charge is 0.231 e. The standard InChI is InChI=1S/C19H13ClN2OS/c1-12-2-4-13(5-3-12)16-10-24-19-17(16)18(21-11-22-19)23-15-8-6-14(20)7-9-15/h2-11H,1H3. The van der Waals surface area contributed by atoms with E-state index in [0.717, 1.165) is 21.3 Å². The third-order valence-corrected chi connectivity index (χ3v) is 4.86. The van der Waals surface area contributed by atoms with E-state index in [2.05, 4.69) is 46.5 Å². The summed E-state index contributed by atoms with van der Waals surface area (Å²) in [5.41, 5.74) is 3.44. The number of hydrogen-bond donors (Lipinski definition) is 0. The van der Waals surface area contributed by atoms with Gasteiger partial charge in [-0.3, -0.25) is 0 Å². The topological polar surface area (TPSA) is 35.0 Å². The van der Waals surface area contributed by atoms with Gasteiger partial charge in [0.1, 0.15) is 16.9 Å². The van der Waals surface area contributed by atoms with Gasteiger partial charge in [-0.05, 0) is 36.8 Å². The van der Waals surface area contributed by atoms with E-state index in [9.17, 15) is 0 Å². The van der Waals surface area contributed by atoms with E-state index in [0.29, 0.717) is 16.7 Å². The van der Waals surface area contributed by atoms with Crippen LogP contribution >= 0.6 is 22.9 Å². The first kappa shape index (κ1) is 15.1. The van der Waals surface area contributed by atoms with Crippen molar-refractivity contribution in [1.82, 2.24) is 9.97 Å². The van der Waals surface area contributed by atoms with Gasteiger partial charge < -0.3 is 4.74 Å². The number of rotatable bonds is 3. The molecule has 0 atom stereocenters.